The van der Waals surface area contributed by atoms with Gasteiger partial charge in [0.05, 0.1) is 6.20 Å². The van der Waals surface area contributed by atoms with E-state index in [4.69, 9.17) is 5.73 Å². The molecule has 2 aromatic heterocycles. The lowest BCUT2D eigenvalue weighted by Crippen LogP contribution is -2.23. The van der Waals surface area contributed by atoms with Gasteiger partial charge in [-0.1, -0.05) is 0 Å². The van der Waals surface area contributed by atoms with Crippen LogP contribution in [0.2, 0.25) is 0 Å². The van der Waals surface area contributed by atoms with Gasteiger partial charge < -0.3 is 10.6 Å². The second kappa shape index (κ2) is 5.07. The summed E-state index contributed by atoms with van der Waals surface area (Å²) in [4.78, 5) is 14.8. The van der Waals surface area contributed by atoms with E-state index in [9.17, 15) is 0 Å². The lowest BCUT2D eigenvalue weighted by molar-refractivity contribution is 0.585. The average molecular weight is 273 g/mol. The van der Waals surface area contributed by atoms with Gasteiger partial charge in [0.25, 0.3) is 0 Å². The van der Waals surface area contributed by atoms with E-state index in [1.54, 1.807) is 0 Å². The number of hydrogen-bond acceptors (Lipinski definition) is 6. The highest BCUT2D eigenvalue weighted by Gasteiger charge is 2.25. The molecule has 0 aromatic carbocycles. The Labute approximate surface area is 117 Å². The van der Waals surface area contributed by atoms with Gasteiger partial charge in [0, 0.05) is 26.3 Å². The molecule has 1 fully saturated rings. The first-order valence-electron chi connectivity index (χ1n) is 6.81. The molecule has 1 aliphatic rings. The summed E-state index contributed by atoms with van der Waals surface area (Å²) in [6.07, 6.45) is 6.20. The van der Waals surface area contributed by atoms with Crippen molar-refractivity contribution < 1.29 is 0 Å². The molecule has 20 heavy (non-hydrogen) atoms. The van der Waals surface area contributed by atoms with Crippen molar-refractivity contribution in [1.29, 1.82) is 0 Å². The molecule has 3 rings (SSSR count). The molecule has 0 radical (unpaired) electrons. The van der Waals surface area contributed by atoms with Crippen molar-refractivity contribution in [3.63, 3.8) is 0 Å². The van der Waals surface area contributed by atoms with Gasteiger partial charge in [0.1, 0.15) is 5.82 Å². The van der Waals surface area contributed by atoms with Crippen LogP contribution in [-0.4, -0.2) is 37.8 Å². The molecule has 0 amide bonds. The number of aromatic nitrogens is 5. The maximum Gasteiger partial charge on any atom is 0.230 e. The Balaban J connectivity index is 1.67. The summed E-state index contributed by atoms with van der Waals surface area (Å²) >= 11 is 0. The topological polar surface area (TPSA) is 85.8 Å². The minimum absolute atomic E-state index is 0.295. The summed E-state index contributed by atoms with van der Waals surface area (Å²) < 4.78 is 1.85. The van der Waals surface area contributed by atoms with Crippen LogP contribution in [0.5, 0.6) is 0 Å². The molecule has 2 N–H and O–H groups in total. The third-order valence-corrected chi connectivity index (χ3v) is 3.60. The van der Waals surface area contributed by atoms with Crippen LogP contribution >= 0.6 is 0 Å². The van der Waals surface area contributed by atoms with Gasteiger partial charge in [-0.05, 0) is 31.2 Å². The maximum absolute atomic E-state index is 5.69. The Bertz CT molecular complexity index is 586. The largest absolute Gasteiger partial charge is 0.368 e. The van der Waals surface area contributed by atoms with Crippen molar-refractivity contribution in [2.75, 3.05) is 23.7 Å². The number of anilines is 2. The molecular weight excluding hydrogens is 254 g/mol. The van der Waals surface area contributed by atoms with Crippen LogP contribution < -0.4 is 10.6 Å². The first-order valence-corrected chi connectivity index (χ1v) is 6.81. The second-order valence-electron chi connectivity index (χ2n) is 5.37. The van der Waals surface area contributed by atoms with E-state index in [1.165, 1.54) is 5.56 Å². The van der Waals surface area contributed by atoms with Crippen molar-refractivity contribution in [2.45, 2.75) is 19.8 Å². The average Bonchev–Trinajstić information content (AvgIpc) is 2.98. The molecule has 0 saturated carbocycles. The fourth-order valence-corrected chi connectivity index (χ4v) is 2.72. The Morgan fingerprint density at radius 1 is 1.35 bits per heavy atom. The molecule has 0 aliphatic carbocycles. The van der Waals surface area contributed by atoms with Gasteiger partial charge in [-0.15, -0.1) is 0 Å². The summed E-state index contributed by atoms with van der Waals surface area (Å²) in [6, 6.07) is 0. The zero-order valence-electron chi connectivity index (χ0n) is 11.8. The van der Waals surface area contributed by atoms with Crippen LogP contribution in [0.15, 0.2) is 12.4 Å². The van der Waals surface area contributed by atoms with Crippen LogP contribution in [0.1, 0.15) is 17.8 Å². The summed E-state index contributed by atoms with van der Waals surface area (Å²) in [5, 5.41) is 4.21. The van der Waals surface area contributed by atoms with E-state index >= 15 is 0 Å². The fourth-order valence-electron chi connectivity index (χ4n) is 2.72. The summed E-state index contributed by atoms with van der Waals surface area (Å²) in [5.74, 6) is 2.27. The van der Waals surface area contributed by atoms with Gasteiger partial charge in [-0.25, -0.2) is 0 Å². The monoisotopic (exact) mass is 273 g/mol. The predicted molar refractivity (Wildman–Crippen MR) is 76.2 cm³/mol. The number of rotatable bonds is 3. The molecule has 1 saturated heterocycles. The first-order chi connectivity index (χ1) is 9.60. The molecule has 2 aromatic rings. The zero-order chi connectivity index (χ0) is 14.1. The number of nitrogens with two attached hydrogens (primary N) is 1. The Hall–Kier alpha value is -2.18. The van der Waals surface area contributed by atoms with E-state index in [2.05, 4.69) is 31.1 Å². The van der Waals surface area contributed by atoms with Crippen LogP contribution in [-0.2, 0) is 13.5 Å². The molecule has 1 aliphatic heterocycles. The van der Waals surface area contributed by atoms with Crippen LogP contribution in [0, 0.1) is 12.8 Å². The SMILES string of the molecule is Cc1nc(N)nc(N2CCC(Cc3cnn(C)c3)C2)n1. The third-order valence-electron chi connectivity index (χ3n) is 3.60. The Morgan fingerprint density at radius 2 is 2.20 bits per heavy atom. The van der Waals surface area contributed by atoms with E-state index in [-0.39, 0.29) is 0 Å². The Kier molecular flexibility index (Phi) is 3.25. The van der Waals surface area contributed by atoms with Gasteiger partial charge in [-0.3, -0.25) is 4.68 Å². The molecule has 7 heteroatoms. The highest BCUT2D eigenvalue weighted by Crippen LogP contribution is 2.24. The van der Waals surface area contributed by atoms with Crippen LogP contribution in [0.25, 0.3) is 0 Å². The number of hydrogen-bond donors (Lipinski definition) is 1. The molecule has 106 valence electrons. The van der Waals surface area contributed by atoms with Crippen molar-refractivity contribution in [3.8, 4) is 0 Å². The lowest BCUT2D eigenvalue weighted by atomic mass is 10.0. The summed E-state index contributed by atoms with van der Waals surface area (Å²) in [7, 11) is 1.95. The third kappa shape index (κ3) is 2.71. The fraction of sp³-hybridized carbons (Fsp3) is 0.538. The molecule has 0 bridgehead atoms. The van der Waals surface area contributed by atoms with E-state index < -0.39 is 0 Å². The highest BCUT2D eigenvalue weighted by atomic mass is 15.3. The maximum atomic E-state index is 5.69. The lowest BCUT2D eigenvalue weighted by Gasteiger charge is -2.16. The van der Waals surface area contributed by atoms with Gasteiger partial charge in [-0.2, -0.15) is 20.1 Å². The van der Waals surface area contributed by atoms with Gasteiger partial charge in [0.2, 0.25) is 11.9 Å². The molecule has 3 heterocycles. The van der Waals surface area contributed by atoms with E-state index in [0.29, 0.717) is 23.6 Å². The minimum atomic E-state index is 0.295. The normalized spacial score (nSPS) is 18.7. The second-order valence-corrected chi connectivity index (χ2v) is 5.37. The molecule has 1 unspecified atom stereocenters. The molecule has 0 spiro atoms. The van der Waals surface area contributed by atoms with Crippen LogP contribution in [0.3, 0.4) is 0 Å². The molecule has 1 atom stereocenters. The summed E-state index contributed by atoms with van der Waals surface area (Å²) in [6.45, 7) is 3.76. The van der Waals surface area contributed by atoms with Gasteiger partial charge in [0.15, 0.2) is 0 Å². The summed E-state index contributed by atoms with van der Waals surface area (Å²) in [5.41, 5.74) is 6.97. The van der Waals surface area contributed by atoms with Crippen molar-refractivity contribution >= 4 is 11.9 Å². The molecular formula is C13H19N7. The minimum Gasteiger partial charge on any atom is -0.368 e. The number of nitrogens with zero attached hydrogens (tertiary/aromatic N) is 6. The van der Waals surface area contributed by atoms with Crippen LogP contribution in [0.4, 0.5) is 11.9 Å². The standard InChI is InChI=1S/C13H19N7/c1-9-16-12(14)18-13(17-9)20-4-3-10(8-20)5-11-6-15-19(2)7-11/h6-7,10H,3-5,8H2,1-2H3,(H2,14,16,17,18). The number of nitrogen functional groups attached to an aromatic ring is 1. The smallest absolute Gasteiger partial charge is 0.230 e. The molecule has 7 nitrogen and oxygen atoms in total. The van der Waals surface area contributed by atoms with Crippen molar-refractivity contribution in [2.24, 2.45) is 13.0 Å². The highest BCUT2D eigenvalue weighted by molar-refractivity contribution is 5.36. The predicted octanol–water partition coefficient (Wildman–Crippen LogP) is 0.565. The quantitative estimate of drug-likeness (QED) is 0.879. The van der Waals surface area contributed by atoms with Crippen molar-refractivity contribution in [1.82, 2.24) is 24.7 Å². The van der Waals surface area contributed by atoms with Gasteiger partial charge >= 0.3 is 0 Å². The zero-order valence-corrected chi connectivity index (χ0v) is 11.8. The van der Waals surface area contributed by atoms with Crippen molar-refractivity contribution in [3.05, 3.63) is 23.8 Å². The van der Waals surface area contributed by atoms with E-state index in [1.807, 2.05) is 24.9 Å². The Morgan fingerprint density at radius 3 is 2.90 bits per heavy atom. The van der Waals surface area contributed by atoms with E-state index in [0.717, 1.165) is 25.9 Å². The number of aryl methyl sites for hydroxylation is 2. The first kappa shape index (κ1) is 12.8.